The van der Waals surface area contributed by atoms with Crippen molar-refractivity contribution in [1.29, 1.82) is 0 Å². The number of hydrogen-bond acceptors (Lipinski definition) is 4. The van der Waals surface area contributed by atoms with Crippen LogP contribution in [0.4, 0.5) is 4.79 Å². The van der Waals surface area contributed by atoms with Crippen LogP contribution in [0.15, 0.2) is 11.8 Å². The number of hydrogen-bond donors (Lipinski definition) is 0. The van der Waals surface area contributed by atoms with Crippen LogP contribution in [0, 0.1) is 29.6 Å². The van der Waals surface area contributed by atoms with Crippen LogP contribution in [-0.4, -0.2) is 28.3 Å². The molecule has 4 aliphatic rings. The highest BCUT2D eigenvalue weighted by atomic mass is 16.6. The topological polar surface area (TPSA) is 63.7 Å². The lowest BCUT2D eigenvalue weighted by atomic mass is 9.58. The van der Waals surface area contributed by atoms with Crippen molar-refractivity contribution >= 4 is 17.8 Å². The predicted octanol–water partition coefficient (Wildman–Crippen LogP) is 4.07. The Bertz CT molecular complexity index is 674. The molecular formula is C21H29NO4. The van der Waals surface area contributed by atoms with Gasteiger partial charge in [-0.1, -0.05) is 18.9 Å². The second kappa shape index (κ2) is 6.21. The summed E-state index contributed by atoms with van der Waals surface area (Å²) in [4.78, 5) is 38.6. The van der Waals surface area contributed by atoms with Gasteiger partial charge in [0.15, 0.2) is 0 Å². The van der Waals surface area contributed by atoms with E-state index in [4.69, 9.17) is 4.74 Å². The summed E-state index contributed by atoms with van der Waals surface area (Å²) < 4.78 is 5.42. The first-order valence-electron chi connectivity index (χ1n) is 10.1. The Morgan fingerprint density at radius 2 is 1.85 bits per heavy atom. The number of ketones is 1. The summed E-state index contributed by atoms with van der Waals surface area (Å²) in [5, 5.41) is 0. The number of piperidine rings is 1. The van der Waals surface area contributed by atoms with Crippen LogP contribution in [0.3, 0.4) is 0 Å². The summed E-state index contributed by atoms with van der Waals surface area (Å²) in [5.41, 5.74) is 0.0223. The summed E-state index contributed by atoms with van der Waals surface area (Å²) >= 11 is 0. The molecule has 0 aromatic carbocycles. The number of fused-ring (bicyclic) bond motifs is 5. The number of nitrogens with zero attached hydrogens (tertiary/aromatic N) is 1. The van der Waals surface area contributed by atoms with Gasteiger partial charge in [0, 0.05) is 18.0 Å². The van der Waals surface area contributed by atoms with E-state index in [1.807, 2.05) is 0 Å². The fourth-order valence-corrected chi connectivity index (χ4v) is 5.94. The molecule has 5 unspecified atom stereocenters. The normalized spacial score (nSPS) is 36.8. The number of carbonyl (C=O) groups is 3. The van der Waals surface area contributed by atoms with E-state index in [2.05, 4.69) is 6.08 Å². The van der Waals surface area contributed by atoms with Crippen LogP contribution in [0.25, 0.3) is 0 Å². The Morgan fingerprint density at radius 1 is 1.08 bits per heavy atom. The fourth-order valence-electron chi connectivity index (χ4n) is 5.94. The van der Waals surface area contributed by atoms with Gasteiger partial charge >= 0.3 is 12.0 Å². The van der Waals surface area contributed by atoms with Crippen molar-refractivity contribution in [2.75, 3.05) is 0 Å². The minimum Gasteiger partial charge on any atom is -0.443 e. The van der Waals surface area contributed by atoms with Crippen LogP contribution in [-0.2, 0) is 14.3 Å². The van der Waals surface area contributed by atoms with E-state index in [9.17, 15) is 14.4 Å². The number of imide groups is 1. The average molecular weight is 359 g/mol. The molecule has 2 amide bonds. The second-order valence-corrected chi connectivity index (χ2v) is 9.48. The van der Waals surface area contributed by atoms with Gasteiger partial charge in [0.1, 0.15) is 5.60 Å². The van der Waals surface area contributed by atoms with Gasteiger partial charge in [0.05, 0.1) is 0 Å². The Balaban J connectivity index is 1.64. The van der Waals surface area contributed by atoms with E-state index < -0.39 is 23.4 Å². The van der Waals surface area contributed by atoms with E-state index in [-0.39, 0.29) is 12.3 Å². The van der Waals surface area contributed by atoms with Gasteiger partial charge in [0.2, 0.25) is 5.78 Å². The van der Waals surface area contributed by atoms with Crippen molar-refractivity contribution in [2.24, 2.45) is 29.6 Å². The Labute approximate surface area is 155 Å². The molecular weight excluding hydrogens is 330 g/mol. The minimum absolute atomic E-state index is 0.00646. The van der Waals surface area contributed by atoms with Crippen molar-refractivity contribution < 1.29 is 19.1 Å². The molecule has 3 fully saturated rings. The number of rotatable bonds is 0. The molecule has 4 rings (SSSR count). The highest BCUT2D eigenvalue weighted by molar-refractivity contribution is 6.39. The Hall–Kier alpha value is -1.65. The smallest absolute Gasteiger partial charge is 0.421 e. The van der Waals surface area contributed by atoms with Gasteiger partial charge in [-0.05, 0) is 70.1 Å². The number of Topliss-reactive ketones (excluding diaryl/α,β-unsaturated/α-hetero) is 1. The molecule has 142 valence electrons. The number of ether oxygens (including phenoxy) is 1. The van der Waals surface area contributed by atoms with Gasteiger partial charge in [-0.15, -0.1) is 0 Å². The van der Waals surface area contributed by atoms with Crippen LogP contribution in [0.5, 0.6) is 0 Å². The standard InChI is InChI=1S/C21H29NO4/c1-21(2,3)26-20(25)22-17-10-9-14-13-6-4-5-12(13)7-8-15(14)16(17)11-18(23)19(22)24/h10,12-16H,4-9,11H2,1-3H3. The molecule has 0 aromatic rings. The quantitative estimate of drug-likeness (QED) is 0.612. The number of allylic oxidation sites excluding steroid dienone is 2. The molecule has 0 N–H and O–H groups in total. The zero-order chi connectivity index (χ0) is 18.6. The molecule has 26 heavy (non-hydrogen) atoms. The van der Waals surface area contributed by atoms with Crippen LogP contribution in [0.2, 0.25) is 0 Å². The van der Waals surface area contributed by atoms with Gasteiger partial charge in [-0.25, -0.2) is 9.69 Å². The fraction of sp³-hybridized carbons (Fsp3) is 0.762. The zero-order valence-corrected chi connectivity index (χ0v) is 16.0. The molecule has 1 saturated heterocycles. The first-order valence-corrected chi connectivity index (χ1v) is 10.1. The van der Waals surface area contributed by atoms with Crippen LogP contribution in [0.1, 0.15) is 65.7 Å². The molecule has 3 aliphatic carbocycles. The molecule has 0 bridgehead atoms. The maximum Gasteiger partial charge on any atom is 0.421 e. The molecule has 1 aliphatic heterocycles. The van der Waals surface area contributed by atoms with Gasteiger partial charge in [-0.2, -0.15) is 0 Å². The number of carbonyl (C=O) groups excluding carboxylic acids is 3. The van der Waals surface area contributed by atoms with Crippen molar-refractivity contribution in [2.45, 2.75) is 71.3 Å². The highest BCUT2D eigenvalue weighted by Crippen LogP contribution is 2.55. The number of amides is 2. The molecule has 0 aromatic heterocycles. The Kier molecular flexibility index (Phi) is 4.24. The largest absolute Gasteiger partial charge is 0.443 e. The third-order valence-corrected chi connectivity index (χ3v) is 6.87. The first kappa shape index (κ1) is 17.7. The van der Waals surface area contributed by atoms with E-state index in [0.717, 1.165) is 35.3 Å². The minimum atomic E-state index is -0.727. The SMILES string of the molecule is CC(C)(C)OC(=O)N1C(=O)C(=O)CC2C1=CCC1C3CCCC3CCC21. The van der Waals surface area contributed by atoms with E-state index in [1.54, 1.807) is 20.8 Å². The predicted molar refractivity (Wildman–Crippen MR) is 95.9 cm³/mol. The highest BCUT2D eigenvalue weighted by Gasteiger charge is 2.52. The summed E-state index contributed by atoms with van der Waals surface area (Å²) in [6.45, 7) is 5.31. The Morgan fingerprint density at radius 3 is 2.58 bits per heavy atom. The maximum atomic E-state index is 12.7. The van der Waals surface area contributed by atoms with E-state index in [0.29, 0.717) is 11.8 Å². The summed E-state index contributed by atoms with van der Waals surface area (Å²) in [6, 6.07) is 0. The van der Waals surface area contributed by atoms with E-state index >= 15 is 0 Å². The molecule has 5 nitrogen and oxygen atoms in total. The summed E-state index contributed by atoms with van der Waals surface area (Å²) in [5.74, 6) is 1.43. The molecule has 1 heterocycles. The molecule has 5 atom stereocenters. The summed E-state index contributed by atoms with van der Waals surface area (Å²) in [7, 11) is 0. The van der Waals surface area contributed by atoms with Gasteiger partial charge in [0.25, 0.3) is 0 Å². The molecule has 0 spiro atoms. The van der Waals surface area contributed by atoms with Crippen molar-refractivity contribution in [3.8, 4) is 0 Å². The van der Waals surface area contributed by atoms with E-state index in [1.165, 1.54) is 25.7 Å². The maximum absolute atomic E-state index is 12.7. The average Bonchev–Trinajstić information content (AvgIpc) is 3.03. The lowest BCUT2D eigenvalue weighted by molar-refractivity contribution is -0.147. The number of likely N-dealkylation sites (tertiary alicyclic amines) is 1. The first-order chi connectivity index (χ1) is 12.3. The molecule has 5 heteroatoms. The lowest BCUT2D eigenvalue weighted by Crippen LogP contribution is -2.53. The van der Waals surface area contributed by atoms with Crippen LogP contribution < -0.4 is 0 Å². The molecule has 0 radical (unpaired) electrons. The molecule has 2 saturated carbocycles. The zero-order valence-electron chi connectivity index (χ0n) is 16.0. The third kappa shape index (κ3) is 2.89. The second-order valence-electron chi connectivity index (χ2n) is 9.48. The van der Waals surface area contributed by atoms with Gasteiger partial charge < -0.3 is 4.74 Å². The summed E-state index contributed by atoms with van der Waals surface area (Å²) in [6.07, 6.45) is 8.81. The third-order valence-electron chi connectivity index (χ3n) is 6.87. The van der Waals surface area contributed by atoms with Crippen LogP contribution >= 0.6 is 0 Å². The van der Waals surface area contributed by atoms with Gasteiger partial charge in [-0.3, -0.25) is 9.59 Å². The lowest BCUT2D eigenvalue weighted by Gasteiger charge is -2.49. The van der Waals surface area contributed by atoms with Crippen molar-refractivity contribution in [3.05, 3.63) is 11.8 Å². The monoisotopic (exact) mass is 359 g/mol. The van der Waals surface area contributed by atoms with Crippen molar-refractivity contribution in [1.82, 2.24) is 4.90 Å². The van der Waals surface area contributed by atoms with Crippen molar-refractivity contribution in [3.63, 3.8) is 0 Å².